The molecule has 1 N–H and O–H groups in total. The zero-order valence-corrected chi connectivity index (χ0v) is 12.8. The Morgan fingerprint density at radius 2 is 1.95 bits per heavy atom. The number of nitrogens with zero attached hydrogens (tertiary/aromatic N) is 4. The molecule has 0 amide bonds. The van der Waals surface area contributed by atoms with Crippen LogP contribution in [0.15, 0.2) is 0 Å². The average Bonchev–Trinajstić information content (AvgIpc) is 2.31. The third-order valence-corrected chi connectivity index (χ3v) is 3.98. The van der Waals surface area contributed by atoms with E-state index in [1.165, 1.54) is 19.3 Å². The lowest BCUT2D eigenvalue weighted by molar-refractivity contribution is 0.216. The van der Waals surface area contributed by atoms with Crippen LogP contribution in [0.4, 0.5) is 11.9 Å². The van der Waals surface area contributed by atoms with Crippen LogP contribution in [0, 0.1) is 5.41 Å². The third kappa shape index (κ3) is 3.47. The van der Waals surface area contributed by atoms with Crippen LogP contribution in [0.3, 0.4) is 0 Å². The molecule has 1 atom stereocenters. The summed E-state index contributed by atoms with van der Waals surface area (Å²) in [7, 11) is 3.78. The number of rotatable bonds is 3. The SMILES string of the molecule is CN(C)c1nc(Cl)nc(NC2CCCCC2(C)C)n1. The standard InChI is InChI=1S/C13H22ClN5/c1-13(2)8-6-5-7-9(13)15-11-16-10(14)17-12(18-11)19(3)4/h9H,5-8H2,1-4H3,(H,15,16,17,18). The minimum Gasteiger partial charge on any atom is -0.351 e. The van der Waals surface area contributed by atoms with Crippen molar-refractivity contribution in [1.29, 1.82) is 0 Å². The van der Waals surface area contributed by atoms with E-state index in [-0.39, 0.29) is 10.7 Å². The predicted molar refractivity (Wildman–Crippen MR) is 78.8 cm³/mol. The largest absolute Gasteiger partial charge is 0.351 e. The molecule has 106 valence electrons. The number of halogens is 1. The molecule has 1 fully saturated rings. The molecule has 1 aliphatic rings. The molecular weight excluding hydrogens is 262 g/mol. The van der Waals surface area contributed by atoms with Crippen LogP contribution in [0.1, 0.15) is 39.5 Å². The van der Waals surface area contributed by atoms with E-state index < -0.39 is 0 Å². The van der Waals surface area contributed by atoms with Gasteiger partial charge in [-0.25, -0.2) is 0 Å². The first kappa shape index (κ1) is 14.3. The van der Waals surface area contributed by atoms with Crippen molar-refractivity contribution in [3.63, 3.8) is 0 Å². The van der Waals surface area contributed by atoms with Gasteiger partial charge in [0.15, 0.2) is 0 Å². The fraction of sp³-hybridized carbons (Fsp3) is 0.769. The Kier molecular flexibility index (Phi) is 4.13. The normalized spacial score (nSPS) is 22.1. The molecule has 5 nitrogen and oxygen atoms in total. The Labute approximate surface area is 119 Å². The van der Waals surface area contributed by atoms with Gasteiger partial charge in [0.25, 0.3) is 0 Å². The molecule has 0 saturated heterocycles. The summed E-state index contributed by atoms with van der Waals surface area (Å²) in [6.07, 6.45) is 4.92. The summed E-state index contributed by atoms with van der Waals surface area (Å²) in [4.78, 5) is 14.5. The van der Waals surface area contributed by atoms with Gasteiger partial charge < -0.3 is 10.2 Å². The van der Waals surface area contributed by atoms with Gasteiger partial charge in [0.05, 0.1) is 0 Å². The number of nitrogens with one attached hydrogen (secondary N) is 1. The van der Waals surface area contributed by atoms with Crippen LogP contribution < -0.4 is 10.2 Å². The van der Waals surface area contributed by atoms with Gasteiger partial charge in [-0.1, -0.05) is 26.7 Å². The molecule has 1 aromatic rings. The number of aromatic nitrogens is 3. The highest BCUT2D eigenvalue weighted by Gasteiger charge is 2.32. The Balaban J connectivity index is 2.18. The molecule has 1 aliphatic carbocycles. The number of hydrogen-bond donors (Lipinski definition) is 1. The van der Waals surface area contributed by atoms with Crippen molar-refractivity contribution in [3.8, 4) is 0 Å². The van der Waals surface area contributed by atoms with E-state index in [1.54, 1.807) is 0 Å². The Hall–Kier alpha value is -1.10. The van der Waals surface area contributed by atoms with E-state index in [4.69, 9.17) is 11.6 Å². The highest BCUT2D eigenvalue weighted by molar-refractivity contribution is 6.28. The second-order valence-electron chi connectivity index (χ2n) is 6.05. The lowest BCUT2D eigenvalue weighted by Crippen LogP contribution is -2.39. The second kappa shape index (κ2) is 5.49. The minimum absolute atomic E-state index is 0.231. The first-order chi connectivity index (χ1) is 8.88. The van der Waals surface area contributed by atoms with E-state index in [0.29, 0.717) is 17.9 Å². The first-order valence-electron chi connectivity index (χ1n) is 6.74. The smallest absolute Gasteiger partial charge is 0.230 e. The van der Waals surface area contributed by atoms with Crippen molar-refractivity contribution in [3.05, 3.63) is 5.28 Å². The molecule has 1 saturated carbocycles. The van der Waals surface area contributed by atoms with Gasteiger partial charge in [0.1, 0.15) is 0 Å². The van der Waals surface area contributed by atoms with Gasteiger partial charge in [-0.3, -0.25) is 0 Å². The maximum Gasteiger partial charge on any atom is 0.230 e. The number of anilines is 2. The first-order valence-corrected chi connectivity index (χ1v) is 7.12. The van der Waals surface area contributed by atoms with Crippen molar-refractivity contribution >= 4 is 23.5 Å². The molecule has 0 radical (unpaired) electrons. The summed E-state index contributed by atoms with van der Waals surface area (Å²) >= 11 is 5.95. The quantitative estimate of drug-likeness (QED) is 0.924. The van der Waals surface area contributed by atoms with E-state index >= 15 is 0 Å². The van der Waals surface area contributed by atoms with Crippen molar-refractivity contribution < 1.29 is 0 Å². The molecule has 0 aromatic carbocycles. The van der Waals surface area contributed by atoms with Crippen LogP contribution in [-0.2, 0) is 0 Å². The summed E-state index contributed by atoms with van der Waals surface area (Å²) in [5, 5.41) is 3.67. The Bertz CT molecular complexity index is 447. The van der Waals surface area contributed by atoms with Crippen LogP contribution in [0.5, 0.6) is 0 Å². The van der Waals surface area contributed by atoms with E-state index in [9.17, 15) is 0 Å². The van der Waals surface area contributed by atoms with Gasteiger partial charge in [0, 0.05) is 20.1 Å². The number of hydrogen-bond acceptors (Lipinski definition) is 5. The molecule has 0 spiro atoms. The van der Waals surface area contributed by atoms with E-state index in [0.717, 1.165) is 6.42 Å². The molecule has 19 heavy (non-hydrogen) atoms. The minimum atomic E-state index is 0.231. The molecule has 1 aromatic heterocycles. The van der Waals surface area contributed by atoms with Crippen molar-refractivity contribution in [2.45, 2.75) is 45.6 Å². The lowest BCUT2D eigenvalue weighted by atomic mass is 9.73. The van der Waals surface area contributed by atoms with Crippen LogP contribution >= 0.6 is 11.6 Å². The second-order valence-corrected chi connectivity index (χ2v) is 6.39. The van der Waals surface area contributed by atoms with Gasteiger partial charge in [-0.15, -0.1) is 0 Å². The van der Waals surface area contributed by atoms with Crippen molar-refractivity contribution in [2.75, 3.05) is 24.3 Å². The fourth-order valence-electron chi connectivity index (χ4n) is 2.52. The molecule has 0 aliphatic heterocycles. The zero-order chi connectivity index (χ0) is 14.0. The Morgan fingerprint density at radius 3 is 2.58 bits per heavy atom. The van der Waals surface area contributed by atoms with Gasteiger partial charge >= 0.3 is 0 Å². The van der Waals surface area contributed by atoms with Crippen molar-refractivity contribution in [2.24, 2.45) is 5.41 Å². The molecule has 1 unspecified atom stereocenters. The van der Waals surface area contributed by atoms with Crippen LogP contribution in [0.2, 0.25) is 5.28 Å². The summed E-state index contributed by atoms with van der Waals surface area (Å²) in [6.45, 7) is 4.58. The van der Waals surface area contributed by atoms with Gasteiger partial charge in [-0.2, -0.15) is 15.0 Å². The predicted octanol–water partition coefficient (Wildman–Crippen LogP) is 2.97. The Morgan fingerprint density at radius 1 is 1.21 bits per heavy atom. The van der Waals surface area contributed by atoms with Gasteiger partial charge in [0.2, 0.25) is 17.2 Å². The molecular formula is C13H22ClN5. The summed E-state index contributed by atoms with van der Waals surface area (Å²) in [6, 6.07) is 0.384. The van der Waals surface area contributed by atoms with Gasteiger partial charge in [-0.05, 0) is 29.9 Å². The van der Waals surface area contributed by atoms with Crippen LogP contribution in [0.25, 0.3) is 0 Å². The summed E-state index contributed by atoms with van der Waals surface area (Å²) in [5.41, 5.74) is 0.260. The lowest BCUT2D eigenvalue weighted by Gasteiger charge is -2.39. The highest BCUT2D eigenvalue weighted by atomic mass is 35.5. The molecule has 1 heterocycles. The van der Waals surface area contributed by atoms with Crippen molar-refractivity contribution in [1.82, 2.24) is 15.0 Å². The summed E-state index contributed by atoms with van der Waals surface area (Å²) in [5.74, 6) is 1.15. The average molecular weight is 284 g/mol. The highest BCUT2D eigenvalue weighted by Crippen LogP contribution is 2.36. The fourth-order valence-corrected chi connectivity index (χ4v) is 2.68. The topological polar surface area (TPSA) is 53.9 Å². The summed E-state index contributed by atoms with van der Waals surface area (Å²) < 4.78 is 0. The van der Waals surface area contributed by atoms with E-state index in [1.807, 2.05) is 19.0 Å². The zero-order valence-electron chi connectivity index (χ0n) is 12.1. The maximum absolute atomic E-state index is 5.95. The monoisotopic (exact) mass is 283 g/mol. The van der Waals surface area contributed by atoms with Crippen LogP contribution in [-0.4, -0.2) is 35.1 Å². The molecule has 2 rings (SSSR count). The third-order valence-electron chi connectivity index (χ3n) is 3.81. The molecule has 6 heteroatoms. The maximum atomic E-state index is 5.95. The van der Waals surface area contributed by atoms with E-state index in [2.05, 4.69) is 34.1 Å². The molecule has 0 bridgehead atoms.